The van der Waals surface area contributed by atoms with Gasteiger partial charge in [-0.2, -0.15) is 0 Å². The van der Waals surface area contributed by atoms with Gasteiger partial charge in [-0.1, -0.05) is 43.2 Å². The van der Waals surface area contributed by atoms with E-state index in [9.17, 15) is 4.79 Å². The Morgan fingerprint density at radius 2 is 1.87 bits per heavy atom. The zero-order chi connectivity index (χ0) is 16.7. The molecule has 0 radical (unpaired) electrons. The van der Waals surface area contributed by atoms with Crippen LogP contribution >= 0.6 is 0 Å². The highest BCUT2D eigenvalue weighted by Crippen LogP contribution is 2.09. The minimum Gasteiger partial charge on any atom is -0.358 e. The summed E-state index contributed by atoms with van der Waals surface area (Å²) >= 11 is 0. The molecule has 1 N–H and O–H groups in total. The van der Waals surface area contributed by atoms with Gasteiger partial charge in [-0.05, 0) is 31.0 Å². The van der Waals surface area contributed by atoms with Gasteiger partial charge in [-0.25, -0.2) is 0 Å². The van der Waals surface area contributed by atoms with E-state index in [0.717, 1.165) is 30.8 Å². The lowest BCUT2D eigenvalue weighted by Crippen LogP contribution is -2.25. The van der Waals surface area contributed by atoms with Gasteiger partial charge in [0, 0.05) is 20.1 Å². The molecule has 0 aliphatic heterocycles. The van der Waals surface area contributed by atoms with Crippen molar-refractivity contribution in [2.45, 2.75) is 33.2 Å². The minimum absolute atomic E-state index is 0.208. The van der Waals surface area contributed by atoms with Crippen LogP contribution in [0.2, 0.25) is 0 Å². The monoisotopic (exact) mass is 312 g/mol. The van der Waals surface area contributed by atoms with Gasteiger partial charge in [-0.15, -0.1) is 10.2 Å². The molecule has 5 nitrogen and oxygen atoms in total. The maximum atomic E-state index is 12.1. The summed E-state index contributed by atoms with van der Waals surface area (Å²) in [5.41, 5.74) is 2.60. The minimum atomic E-state index is -0.208. The highest BCUT2D eigenvalue weighted by atomic mass is 16.1. The van der Waals surface area contributed by atoms with Crippen LogP contribution in [0.1, 0.15) is 41.4 Å². The summed E-state index contributed by atoms with van der Waals surface area (Å²) in [4.78, 5) is 14.2. The zero-order valence-electron chi connectivity index (χ0n) is 14.0. The van der Waals surface area contributed by atoms with E-state index in [1.807, 2.05) is 49.2 Å². The number of hydrogen-bond donors (Lipinski definition) is 1. The van der Waals surface area contributed by atoms with Crippen molar-refractivity contribution in [3.8, 4) is 0 Å². The molecule has 2 aromatic rings. The number of hydrogen-bond acceptors (Lipinski definition) is 4. The fourth-order valence-corrected chi connectivity index (χ4v) is 2.14. The van der Waals surface area contributed by atoms with Gasteiger partial charge >= 0.3 is 0 Å². The highest BCUT2D eigenvalue weighted by Gasteiger charge is 2.09. The van der Waals surface area contributed by atoms with Crippen LogP contribution in [0.25, 0.3) is 0 Å². The highest BCUT2D eigenvalue weighted by molar-refractivity contribution is 5.92. The van der Waals surface area contributed by atoms with Gasteiger partial charge in [0.25, 0.3) is 5.91 Å². The van der Waals surface area contributed by atoms with E-state index in [2.05, 4.69) is 22.4 Å². The Hall–Kier alpha value is -2.43. The molecule has 1 heterocycles. The van der Waals surface area contributed by atoms with Crippen LogP contribution in [0.5, 0.6) is 0 Å². The Morgan fingerprint density at radius 3 is 2.48 bits per heavy atom. The van der Waals surface area contributed by atoms with Crippen LogP contribution < -0.4 is 10.2 Å². The van der Waals surface area contributed by atoms with Crippen molar-refractivity contribution >= 4 is 11.7 Å². The van der Waals surface area contributed by atoms with Crippen LogP contribution in [0.15, 0.2) is 36.4 Å². The number of carbonyl (C=O) groups is 1. The second-order valence-electron chi connectivity index (χ2n) is 5.72. The van der Waals surface area contributed by atoms with Gasteiger partial charge in [0.2, 0.25) is 0 Å². The molecule has 0 spiro atoms. The van der Waals surface area contributed by atoms with E-state index < -0.39 is 0 Å². The van der Waals surface area contributed by atoms with E-state index in [1.54, 1.807) is 6.07 Å². The molecule has 0 atom stereocenters. The Balaban J connectivity index is 1.90. The van der Waals surface area contributed by atoms with Crippen molar-refractivity contribution in [3.63, 3.8) is 0 Å². The summed E-state index contributed by atoms with van der Waals surface area (Å²) in [7, 11) is 1.98. The van der Waals surface area contributed by atoms with E-state index in [1.165, 1.54) is 5.56 Å². The summed E-state index contributed by atoms with van der Waals surface area (Å²) in [6.07, 6.45) is 2.24. The van der Waals surface area contributed by atoms with Crippen LogP contribution in [0.3, 0.4) is 0 Å². The van der Waals surface area contributed by atoms with Crippen molar-refractivity contribution in [2.75, 3.05) is 18.5 Å². The van der Waals surface area contributed by atoms with Gasteiger partial charge in [0.1, 0.15) is 0 Å². The lowest BCUT2D eigenvalue weighted by atomic mass is 10.1. The number of aryl methyl sites for hydroxylation is 1. The van der Waals surface area contributed by atoms with Gasteiger partial charge in [-0.3, -0.25) is 4.79 Å². The van der Waals surface area contributed by atoms with Gasteiger partial charge in [0.15, 0.2) is 11.5 Å². The van der Waals surface area contributed by atoms with Crippen molar-refractivity contribution in [1.29, 1.82) is 0 Å². The van der Waals surface area contributed by atoms with Crippen molar-refractivity contribution < 1.29 is 4.79 Å². The smallest absolute Gasteiger partial charge is 0.272 e. The lowest BCUT2D eigenvalue weighted by Gasteiger charge is -2.16. The Kier molecular flexibility index (Phi) is 6.09. The van der Waals surface area contributed by atoms with E-state index in [4.69, 9.17) is 0 Å². The SMILES string of the molecule is CCCCN(C)c1ccc(C(=O)NCc2ccc(C)cc2)nn1. The Labute approximate surface area is 137 Å². The van der Waals surface area contributed by atoms with Gasteiger partial charge < -0.3 is 10.2 Å². The molecule has 5 heteroatoms. The number of unbranched alkanes of at least 4 members (excludes halogenated alkanes) is 1. The van der Waals surface area contributed by atoms with Crippen molar-refractivity contribution in [3.05, 3.63) is 53.2 Å². The Morgan fingerprint density at radius 1 is 1.13 bits per heavy atom. The molecule has 2 rings (SSSR count). The summed E-state index contributed by atoms with van der Waals surface area (Å²) in [6.45, 7) is 5.61. The zero-order valence-corrected chi connectivity index (χ0v) is 14.0. The van der Waals surface area contributed by atoms with E-state index >= 15 is 0 Å². The third-order valence-electron chi connectivity index (χ3n) is 3.69. The molecule has 1 aromatic carbocycles. The number of benzene rings is 1. The molecule has 23 heavy (non-hydrogen) atoms. The topological polar surface area (TPSA) is 58.1 Å². The van der Waals surface area contributed by atoms with Crippen LogP contribution in [0.4, 0.5) is 5.82 Å². The molecule has 122 valence electrons. The molecule has 1 amide bonds. The average Bonchev–Trinajstić information content (AvgIpc) is 2.59. The molecule has 0 unspecified atom stereocenters. The van der Waals surface area contributed by atoms with E-state index in [-0.39, 0.29) is 5.91 Å². The number of amides is 1. The molecule has 0 fully saturated rings. The molecule has 0 saturated heterocycles. The predicted molar refractivity (Wildman–Crippen MR) is 92.6 cm³/mol. The first kappa shape index (κ1) is 16.9. The first-order valence-electron chi connectivity index (χ1n) is 7.98. The molecular weight excluding hydrogens is 288 g/mol. The van der Waals surface area contributed by atoms with Crippen molar-refractivity contribution in [1.82, 2.24) is 15.5 Å². The molecule has 0 bridgehead atoms. The molecular formula is C18H24N4O. The number of nitrogens with zero attached hydrogens (tertiary/aromatic N) is 3. The summed E-state index contributed by atoms with van der Waals surface area (Å²) in [5.74, 6) is 0.578. The number of rotatable bonds is 7. The second-order valence-corrected chi connectivity index (χ2v) is 5.72. The average molecular weight is 312 g/mol. The first-order valence-corrected chi connectivity index (χ1v) is 7.98. The largest absolute Gasteiger partial charge is 0.358 e. The fraction of sp³-hybridized carbons (Fsp3) is 0.389. The molecule has 0 aliphatic carbocycles. The van der Waals surface area contributed by atoms with Gasteiger partial charge in [0.05, 0.1) is 0 Å². The maximum Gasteiger partial charge on any atom is 0.272 e. The second kappa shape index (κ2) is 8.27. The third-order valence-corrected chi connectivity index (χ3v) is 3.69. The first-order chi connectivity index (χ1) is 11.1. The number of anilines is 1. The number of carbonyl (C=O) groups excluding carboxylic acids is 1. The molecule has 1 aromatic heterocycles. The maximum absolute atomic E-state index is 12.1. The van der Waals surface area contributed by atoms with Crippen LogP contribution in [0, 0.1) is 6.92 Å². The molecule has 0 aliphatic rings. The summed E-state index contributed by atoms with van der Waals surface area (Å²) < 4.78 is 0. The Bertz CT molecular complexity index is 622. The number of aromatic nitrogens is 2. The normalized spacial score (nSPS) is 10.4. The number of nitrogens with one attached hydrogen (secondary N) is 1. The third kappa shape index (κ3) is 5.06. The van der Waals surface area contributed by atoms with Crippen LogP contribution in [-0.2, 0) is 6.54 Å². The summed E-state index contributed by atoms with van der Waals surface area (Å²) in [6, 6.07) is 11.6. The fourth-order valence-electron chi connectivity index (χ4n) is 2.14. The quantitative estimate of drug-likeness (QED) is 0.854. The van der Waals surface area contributed by atoms with Crippen LogP contribution in [-0.4, -0.2) is 29.7 Å². The molecule has 0 saturated carbocycles. The summed E-state index contributed by atoms with van der Waals surface area (Å²) in [5, 5.41) is 11.0. The predicted octanol–water partition coefficient (Wildman–Crippen LogP) is 2.95. The van der Waals surface area contributed by atoms with E-state index in [0.29, 0.717) is 12.2 Å². The lowest BCUT2D eigenvalue weighted by molar-refractivity contribution is 0.0945. The standard InChI is InChI=1S/C18H24N4O/c1-4-5-12-22(3)17-11-10-16(20-21-17)18(23)19-13-15-8-6-14(2)7-9-15/h6-11H,4-5,12-13H2,1-3H3,(H,19,23). The van der Waals surface area contributed by atoms with Crippen molar-refractivity contribution in [2.24, 2.45) is 0 Å².